The van der Waals surface area contributed by atoms with Crippen molar-refractivity contribution in [3.63, 3.8) is 0 Å². The Bertz CT molecular complexity index is 4340. The maximum Gasteiger partial charge on any atom is 0.166 e. The number of nitrogens with zero attached hydrogens (tertiary/aromatic N) is 12. The van der Waals surface area contributed by atoms with E-state index in [4.69, 9.17) is 24.9 Å². The highest BCUT2D eigenvalue weighted by atomic mass is 15.1. The van der Waals surface area contributed by atoms with Gasteiger partial charge in [-0.15, -0.1) is 0 Å². The Labute approximate surface area is 425 Å². The number of nitriles is 1. The van der Waals surface area contributed by atoms with Crippen LogP contribution < -0.4 is 0 Å². The second-order valence-corrected chi connectivity index (χ2v) is 18.3. The molecule has 0 aliphatic carbocycles. The zero-order chi connectivity index (χ0) is 50.0. The van der Waals surface area contributed by atoms with Gasteiger partial charge in [0.15, 0.2) is 29.1 Å². The van der Waals surface area contributed by atoms with Crippen molar-refractivity contribution in [3.05, 3.63) is 211 Å². The molecule has 5 aromatic heterocycles. The van der Waals surface area contributed by atoms with E-state index >= 15 is 0 Å². The SMILES string of the molecule is Cc1nc(C)nc(-c2ccc3c(c2)c2ccccc2n3-c2cc(-c3cccc(-n4c5ccccc5c5cc(-c6nc(C)nc(C)n6)ccc54)c3C#N)ccc2-c2nc(-c3ccccc3)nc(-c3ccccc3)n2)n1. The first-order valence-electron chi connectivity index (χ1n) is 24.3. The molecule has 74 heavy (non-hydrogen) atoms. The summed E-state index contributed by atoms with van der Waals surface area (Å²) in [6, 6.07) is 64.4. The fourth-order valence-corrected chi connectivity index (χ4v) is 10.3. The smallest absolute Gasteiger partial charge is 0.166 e. The third kappa shape index (κ3) is 7.50. The van der Waals surface area contributed by atoms with Crippen LogP contribution in [0.4, 0.5) is 0 Å². The number of hydrogen-bond acceptors (Lipinski definition) is 10. The van der Waals surface area contributed by atoms with Crippen LogP contribution in [0, 0.1) is 39.0 Å². The van der Waals surface area contributed by atoms with Crippen LogP contribution in [0.3, 0.4) is 0 Å². The van der Waals surface area contributed by atoms with E-state index in [9.17, 15) is 5.26 Å². The molecule has 0 fully saturated rings. The second-order valence-electron chi connectivity index (χ2n) is 18.3. The molecule has 12 heteroatoms. The summed E-state index contributed by atoms with van der Waals surface area (Å²) in [5, 5.41) is 15.5. The third-order valence-corrected chi connectivity index (χ3v) is 13.5. The molecule has 0 bridgehead atoms. The van der Waals surface area contributed by atoms with Gasteiger partial charge in [0.2, 0.25) is 0 Å². The first-order valence-corrected chi connectivity index (χ1v) is 24.3. The van der Waals surface area contributed by atoms with Gasteiger partial charge < -0.3 is 9.13 Å². The fraction of sp³-hybridized carbons (Fsp3) is 0.0645. The van der Waals surface area contributed by atoms with Crippen LogP contribution in [0.2, 0.25) is 0 Å². The van der Waals surface area contributed by atoms with Gasteiger partial charge in [-0.25, -0.2) is 44.9 Å². The summed E-state index contributed by atoms with van der Waals surface area (Å²) in [6.45, 7) is 7.54. The Kier molecular flexibility index (Phi) is 10.4. The third-order valence-electron chi connectivity index (χ3n) is 13.5. The molecule has 5 heterocycles. The quantitative estimate of drug-likeness (QED) is 0.144. The number of hydrogen-bond donors (Lipinski definition) is 0. The van der Waals surface area contributed by atoms with E-state index in [0.717, 1.165) is 93.9 Å². The number of para-hydroxylation sites is 2. The minimum Gasteiger partial charge on any atom is -0.308 e. The zero-order valence-electron chi connectivity index (χ0n) is 40.7. The van der Waals surface area contributed by atoms with Crippen LogP contribution >= 0.6 is 0 Å². The zero-order valence-corrected chi connectivity index (χ0v) is 40.7. The van der Waals surface area contributed by atoms with Crippen molar-refractivity contribution in [3.8, 4) is 85.5 Å². The molecule has 0 atom stereocenters. The fourth-order valence-electron chi connectivity index (χ4n) is 10.3. The predicted octanol–water partition coefficient (Wildman–Crippen LogP) is 13.5. The molecule has 8 aromatic carbocycles. The standard InChI is InChI=1S/C62H42N12/c1-36-64-37(2)67-60(66-36)43-27-30-55-49(32-43)46-20-11-13-23-52(46)73(55)54-25-15-22-45(51(54)35-63)42-26-29-48(62-71-58(40-16-7-5-8-17-40)70-59(72-62)41-18-9-6-10-19-41)57(34-42)74-53-24-14-12-21-47(53)50-33-44(28-31-56(50)74)61-68-38(3)65-39(4)69-61/h5-34H,1-4H3. The molecule has 0 spiro atoms. The van der Waals surface area contributed by atoms with Gasteiger partial charge in [0.1, 0.15) is 29.4 Å². The van der Waals surface area contributed by atoms with E-state index in [1.54, 1.807) is 0 Å². The summed E-state index contributed by atoms with van der Waals surface area (Å²) >= 11 is 0. The first kappa shape index (κ1) is 43.9. The summed E-state index contributed by atoms with van der Waals surface area (Å²) in [5.74, 6) is 5.49. The summed E-state index contributed by atoms with van der Waals surface area (Å²) in [7, 11) is 0. The number of benzene rings is 8. The molecule has 350 valence electrons. The minimum atomic E-state index is 0.499. The van der Waals surface area contributed by atoms with Crippen LogP contribution in [0.25, 0.3) is 123 Å². The highest BCUT2D eigenvalue weighted by Crippen LogP contribution is 2.42. The van der Waals surface area contributed by atoms with Crippen LogP contribution in [-0.4, -0.2) is 54.0 Å². The molecule has 0 aliphatic heterocycles. The molecule has 0 radical (unpaired) electrons. The van der Waals surface area contributed by atoms with Crippen LogP contribution in [-0.2, 0) is 0 Å². The molecule has 0 saturated heterocycles. The van der Waals surface area contributed by atoms with E-state index in [1.165, 1.54) is 0 Å². The highest BCUT2D eigenvalue weighted by molar-refractivity contribution is 6.12. The molecular formula is C62H42N12. The molecule has 13 rings (SSSR count). The summed E-state index contributed by atoms with van der Waals surface area (Å²) in [6.07, 6.45) is 0. The minimum absolute atomic E-state index is 0.499. The Hall–Kier alpha value is -10.1. The Morgan fingerprint density at radius 1 is 0.311 bits per heavy atom. The van der Waals surface area contributed by atoms with Crippen molar-refractivity contribution < 1.29 is 0 Å². The maximum absolute atomic E-state index is 11.4. The van der Waals surface area contributed by atoms with E-state index in [0.29, 0.717) is 58.0 Å². The normalized spacial score (nSPS) is 11.5. The van der Waals surface area contributed by atoms with Gasteiger partial charge in [0.05, 0.1) is 39.0 Å². The number of rotatable bonds is 8. The average molecular weight is 955 g/mol. The Balaban J connectivity index is 1.06. The van der Waals surface area contributed by atoms with Gasteiger partial charge in [0, 0.05) is 54.9 Å². The van der Waals surface area contributed by atoms with Gasteiger partial charge in [-0.3, -0.25) is 0 Å². The largest absolute Gasteiger partial charge is 0.308 e. The van der Waals surface area contributed by atoms with E-state index < -0.39 is 0 Å². The molecule has 0 aliphatic rings. The second kappa shape index (κ2) is 17.6. The number of aromatic nitrogens is 11. The van der Waals surface area contributed by atoms with Crippen molar-refractivity contribution in [2.24, 2.45) is 0 Å². The Morgan fingerprint density at radius 2 is 0.743 bits per heavy atom. The van der Waals surface area contributed by atoms with Crippen molar-refractivity contribution in [1.82, 2.24) is 54.0 Å². The van der Waals surface area contributed by atoms with Crippen LogP contribution in [0.15, 0.2) is 182 Å². The van der Waals surface area contributed by atoms with Gasteiger partial charge in [0.25, 0.3) is 0 Å². The monoisotopic (exact) mass is 954 g/mol. The van der Waals surface area contributed by atoms with Crippen molar-refractivity contribution in [2.45, 2.75) is 27.7 Å². The average Bonchev–Trinajstić information content (AvgIpc) is 3.95. The van der Waals surface area contributed by atoms with E-state index in [2.05, 4.69) is 120 Å². The summed E-state index contributed by atoms with van der Waals surface area (Å²) < 4.78 is 4.47. The molecule has 0 amide bonds. The van der Waals surface area contributed by atoms with E-state index in [1.807, 2.05) is 125 Å². The van der Waals surface area contributed by atoms with Crippen LogP contribution in [0.1, 0.15) is 28.9 Å². The maximum atomic E-state index is 11.4. The lowest BCUT2D eigenvalue weighted by Crippen LogP contribution is -2.04. The van der Waals surface area contributed by atoms with E-state index in [-0.39, 0.29) is 0 Å². The lowest BCUT2D eigenvalue weighted by Gasteiger charge is -2.18. The van der Waals surface area contributed by atoms with Gasteiger partial charge in [-0.05, 0) is 100.0 Å². The van der Waals surface area contributed by atoms with Crippen molar-refractivity contribution in [1.29, 1.82) is 5.26 Å². The molecule has 0 unspecified atom stereocenters. The lowest BCUT2D eigenvalue weighted by atomic mass is 9.96. The first-order chi connectivity index (χ1) is 36.3. The van der Waals surface area contributed by atoms with Crippen LogP contribution in [0.5, 0.6) is 0 Å². The summed E-state index contributed by atoms with van der Waals surface area (Å²) in [5.41, 5.74) is 11.8. The predicted molar refractivity (Wildman–Crippen MR) is 292 cm³/mol. The number of fused-ring (bicyclic) bond motifs is 6. The van der Waals surface area contributed by atoms with Gasteiger partial charge in [-0.2, -0.15) is 5.26 Å². The molecule has 13 aromatic rings. The molecular weight excluding hydrogens is 913 g/mol. The van der Waals surface area contributed by atoms with Crippen molar-refractivity contribution in [2.75, 3.05) is 0 Å². The Morgan fingerprint density at radius 3 is 1.26 bits per heavy atom. The van der Waals surface area contributed by atoms with Gasteiger partial charge in [-0.1, -0.05) is 115 Å². The molecule has 0 saturated carbocycles. The molecule has 12 nitrogen and oxygen atoms in total. The highest BCUT2D eigenvalue weighted by Gasteiger charge is 2.24. The molecule has 0 N–H and O–H groups in total. The number of aryl methyl sites for hydroxylation is 4. The van der Waals surface area contributed by atoms with Gasteiger partial charge >= 0.3 is 0 Å². The van der Waals surface area contributed by atoms with Crippen molar-refractivity contribution >= 4 is 43.6 Å². The summed E-state index contributed by atoms with van der Waals surface area (Å²) in [4.78, 5) is 43.2. The topological polar surface area (TPSA) is 150 Å². The lowest BCUT2D eigenvalue weighted by molar-refractivity contribution is 0.928.